The van der Waals surface area contributed by atoms with E-state index in [2.05, 4.69) is 20.5 Å². The summed E-state index contributed by atoms with van der Waals surface area (Å²) in [5.41, 5.74) is 0. The highest BCUT2D eigenvalue weighted by Gasteiger charge is 2.25. The molecule has 0 aliphatic rings. The molecule has 0 rings (SSSR count). The van der Waals surface area contributed by atoms with Gasteiger partial charge in [-0.3, -0.25) is 0 Å². The maximum absolute atomic E-state index is 9.87. The van der Waals surface area contributed by atoms with Crippen LogP contribution < -0.4 is 5.11 Å². The normalized spacial score (nSPS) is 10.9. The molecule has 0 unspecified atom stereocenters. The van der Waals surface area contributed by atoms with Crippen molar-refractivity contribution in [3.63, 3.8) is 0 Å². The van der Waals surface area contributed by atoms with Gasteiger partial charge in [0.2, 0.25) is 0 Å². The molecule has 0 atom stereocenters. The Balaban J connectivity index is 0. The predicted molar refractivity (Wildman–Crippen MR) is 87.6 cm³/mol. The lowest BCUT2D eigenvalue weighted by Crippen LogP contribution is -2.23. The van der Waals surface area contributed by atoms with Gasteiger partial charge in [-0.15, -0.1) is 0 Å². The Morgan fingerprint density at radius 1 is 1.00 bits per heavy atom. The van der Waals surface area contributed by atoms with Crippen molar-refractivity contribution in [1.82, 2.24) is 0 Å². The molecule has 0 heterocycles. The second kappa shape index (κ2) is 16.2. The second-order valence-corrected chi connectivity index (χ2v) is 9.85. The minimum absolute atomic E-state index is 0.0495. The van der Waals surface area contributed by atoms with Crippen LogP contribution in [0.3, 0.4) is 0 Å². The Bertz CT molecular complexity index is 232. The summed E-state index contributed by atoms with van der Waals surface area (Å²) in [5, 5.41) is 9.87. The van der Waals surface area contributed by atoms with Crippen molar-refractivity contribution in [2.45, 2.75) is 27.2 Å². The first-order valence-electron chi connectivity index (χ1n) is 7.63. The van der Waals surface area contributed by atoms with Crippen LogP contribution in [-0.2, 0) is 19.0 Å². The molecule has 0 aliphatic heterocycles. The highest BCUT2D eigenvalue weighted by Crippen LogP contribution is 2.53. The van der Waals surface area contributed by atoms with Gasteiger partial charge in [0, 0.05) is 40.0 Å². The van der Waals surface area contributed by atoms with Crippen LogP contribution in [0, 0.1) is 0 Å². The van der Waals surface area contributed by atoms with Crippen LogP contribution in [0.2, 0.25) is 0 Å². The van der Waals surface area contributed by atoms with Gasteiger partial charge in [0.1, 0.15) is 0 Å². The molecule has 0 saturated heterocycles. The third kappa shape index (κ3) is 17.7. The molecular weight excluding hydrogens is 291 g/mol. The number of ether oxygens (including phenoxy) is 3. The molecule has 0 aromatic carbocycles. The zero-order valence-corrected chi connectivity index (χ0v) is 15.2. The maximum Gasteiger partial charge on any atom is 0.0825 e. The van der Waals surface area contributed by atoms with Crippen molar-refractivity contribution in [2.75, 3.05) is 65.3 Å². The molecule has 0 saturated carbocycles. The van der Waals surface area contributed by atoms with E-state index >= 15 is 0 Å². The Kier molecular flexibility index (Phi) is 17.7. The number of hydrogen-bond acceptors (Lipinski definition) is 5. The topological polar surface area (TPSA) is 67.8 Å². The average molecular weight is 324 g/mol. The minimum Gasteiger partial charge on any atom is -0.550 e. The molecule has 128 valence electrons. The molecular formula is C15H33O5P. The van der Waals surface area contributed by atoms with Crippen LogP contribution in [0.4, 0.5) is 0 Å². The van der Waals surface area contributed by atoms with Gasteiger partial charge < -0.3 is 24.1 Å². The first-order valence-corrected chi connectivity index (χ1v) is 10.4. The summed E-state index contributed by atoms with van der Waals surface area (Å²) in [7, 11) is 1.21. The third-order valence-corrected chi connectivity index (χ3v) is 7.70. The number of methoxy groups -OCH3 is 1. The summed E-state index contributed by atoms with van der Waals surface area (Å²) < 4.78 is 14.9. The zero-order chi connectivity index (χ0) is 16.6. The van der Waals surface area contributed by atoms with Crippen molar-refractivity contribution in [3.05, 3.63) is 0 Å². The van der Waals surface area contributed by atoms with Gasteiger partial charge in [-0.2, -0.15) is 0 Å². The van der Waals surface area contributed by atoms with Gasteiger partial charge in [0.25, 0.3) is 0 Å². The van der Waals surface area contributed by atoms with Gasteiger partial charge >= 0.3 is 0 Å². The Hall–Kier alpha value is -0.220. The summed E-state index contributed by atoms with van der Waals surface area (Å²) in [6.45, 7) is 11.7. The lowest BCUT2D eigenvalue weighted by molar-refractivity contribution is -0.306. The minimum atomic E-state index is -1.08. The molecule has 0 aromatic rings. The average Bonchev–Trinajstić information content (AvgIpc) is 2.49. The molecule has 5 nitrogen and oxygen atoms in total. The number of carbonyl (C=O) groups is 1. The number of rotatable bonds is 12. The molecule has 0 aromatic heterocycles. The van der Waals surface area contributed by atoms with Gasteiger partial charge in [0.05, 0.1) is 44.9 Å². The Morgan fingerprint density at radius 3 is 2.00 bits per heavy atom. The fourth-order valence-corrected chi connectivity index (χ4v) is 3.07. The molecule has 0 aliphatic carbocycles. The first-order chi connectivity index (χ1) is 9.95. The molecule has 0 N–H and O–H groups in total. The zero-order valence-electron chi connectivity index (χ0n) is 14.4. The van der Waals surface area contributed by atoms with Crippen LogP contribution in [0.5, 0.6) is 0 Å². The van der Waals surface area contributed by atoms with Crippen LogP contribution >= 0.6 is 7.26 Å². The quantitative estimate of drug-likeness (QED) is 0.402. The lowest BCUT2D eigenvalue weighted by Gasteiger charge is -2.18. The van der Waals surface area contributed by atoms with E-state index in [-0.39, 0.29) is 13.0 Å². The molecule has 0 spiro atoms. The van der Waals surface area contributed by atoms with Crippen molar-refractivity contribution in [3.8, 4) is 0 Å². The Labute approximate surface area is 130 Å². The number of carbonyl (C=O) groups excluding carboxylic acids is 1. The fourth-order valence-electron chi connectivity index (χ4n) is 1.37. The first kappa shape index (κ1) is 23.1. The summed E-state index contributed by atoms with van der Waals surface area (Å²) in [5.74, 6) is -1.08. The van der Waals surface area contributed by atoms with Gasteiger partial charge in [-0.1, -0.05) is 0 Å². The molecule has 6 heteroatoms. The van der Waals surface area contributed by atoms with E-state index < -0.39 is 13.2 Å². The highest BCUT2D eigenvalue weighted by molar-refractivity contribution is 7.75. The van der Waals surface area contributed by atoms with E-state index in [1.165, 1.54) is 18.5 Å². The van der Waals surface area contributed by atoms with Crippen LogP contribution in [-0.4, -0.2) is 71.3 Å². The van der Waals surface area contributed by atoms with E-state index in [4.69, 9.17) is 14.2 Å². The summed E-state index contributed by atoms with van der Waals surface area (Å²) in [6, 6.07) is 0. The smallest absolute Gasteiger partial charge is 0.0825 e. The molecule has 0 radical (unpaired) electrons. The highest BCUT2D eigenvalue weighted by atomic mass is 31.2. The van der Waals surface area contributed by atoms with E-state index in [1.54, 1.807) is 7.11 Å². The summed E-state index contributed by atoms with van der Waals surface area (Å²) in [6.07, 6.45) is 3.99. The third-order valence-electron chi connectivity index (χ3n) is 3.39. The van der Waals surface area contributed by atoms with Gasteiger partial charge in [0.15, 0.2) is 0 Å². The number of carboxylic acid groups (broad SMARTS) is 1. The molecule has 0 bridgehead atoms. The Morgan fingerprint density at radius 2 is 1.57 bits per heavy atom. The standard InChI is InChI=1S/C8H20OP.C7H14O4/c1-5-10(4,6-2)8-7-9-3;1-2-10-5-6-11-4-3-7(8)9/h5-8H2,1-4H3;2-6H2,1H3,(H,8,9)/q+1;/p-1. The van der Waals surface area contributed by atoms with Crippen LogP contribution in [0.1, 0.15) is 27.2 Å². The predicted octanol–water partition coefficient (Wildman–Crippen LogP) is 1.50. The lowest BCUT2D eigenvalue weighted by atomic mass is 10.5. The van der Waals surface area contributed by atoms with Crippen molar-refractivity contribution >= 4 is 13.2 Å². The van der Waals surface area contributed by atoms with Crippen molar-refractivity contribution in [2.24, 2.45) is 0 Å². The largest absolute Gasteiger partial charge is 0.550 e. The summed E-state index contributed by atoms with van der Waals surface area (Å²) in [4.78, 5) is 9.87. The van der Waals surface area contributed by atoms with E-state index in [0.29, 0.717) is 19.8 Å². The van der Waals surface area contributed by atoms with Crippen molar-refractivity contribution < 1.29 is 24.1 Å². The number of aliphatic carboxylic acids is 1. The molecule has 0 amide bonds. The van der Waals surface area contributed by atoms with Crippen LogP contribution in [0.25, 0.3) is 0 Å². The van der Waals surface area contributed by atoms with Gasteiger partial charge in [-0.05, 0) is 20.8 Å². The van der Waals surface area contributed by atoms with Crippen LogP contribution in [0.15, 0.2) is 0 Å². The van der Waals surface area contributed by atoms with E-state index in [0.717, 1.165) is 6.61 Å². The number of carboxylic acids is 1. The molecule has 21 heavy (non-hydrogen) atoms. The SMILES string of the molecule is CCOCCOCCC(=O)[O-].CC[P+](C)(CC)CCOC. The second-order valence-electron chi connectivity index (χ2n) is 4.90. The summed E-state index contributed by atoms with van der Waals surface area (Å²) >= 11 is 0. The number of hydrogen-bond donors (Lipinski definition) is 0. The van der Waals surface area contributed by atoms with E-state index in [1.807, 2.05) is 6.92 Å². The van der Waals surface area contributed by atoms with Gasteiger partial charge in [-0.25, -0.2) is 0 Å². The monoisotopic (exact) mass is 324 g/mol. The van der Waals surface area contributed by atoms with E-state index in [9.17, 15) is 9.90 Å². The fraction of sp³-hybridized carbons (Fsp3) is 0.933. The van der Waals surface area contributed by atoms with Crippen molar-refractivity contribution in [1.29, 1.82) is 0 Å². The molecule has 0 fully saturated rings. The maximum atomic E-state index is 9.87.